The first-order valence-electron chi connectivity index (χ1n) is 10.3. The summed E-state index contributed by atoms with van der Waals surface area (Å²) in [6, 6.07) is 5.46. The van der Waals surface area contributed by atoms with Crippen molar-refractivity contribution in [3.8, 4) is 0 Å². The monoisotopic (exact) mass is 540 g/mol. The Bertz CT molecular complexity index is 680. The third-order valence-electron chi connectivity index (χ3n) is 5.09. The quantitative estimate of drug-likeness (QED) is 0.281. The summed E-state index contributed by atoms with van der Waals surface area (Å²) in [5.41, 5.74) is 0.200. The number of hydrogen-bond acceptors (Lipinski definition) is 2. The second-order valence-corrected chi connectivity index (χ2v) is 7.17. The van der Waals surface area contributed by atoms with Crippen molar-refractivity contribution in [3.63, 3.8) is 0 Å². The third-order valence-corrected chi connectivity index (χ3v) is 5.09. The summed E-state index contributed by atoms with van der Waals surface area (Å²) in [7, 11) is 0. The second-order valence-electron chi connectivity index (χ2n) is 7.17. The molecule has 0 radical (unpaired) electrons. The van der Waals surface area contributed by atoms with Crippen LogP contribution in [0, 0.1) is 0 Å². The number of carbonyl (C=O) groups excluding carboxylic acids is 1. The Morgan fingerprint density at radius 2 is 1.90 bits per heavy atom. The molecule has 0 aliphatic carbocycles. The maximum absolute atomic E-state index is 12.6. The summed E-state index contributed by atoms with van der Waals surface area (Å²) in [6.45, 7) is 6.80. The van der Waals surface area contributed by atoms with Crippen LogP contribution >= 0.6 is 24.0 Å². The van der Waals surface area contributed by atoms with Crippen molar-refractivity contribution in [1.29, 1.82) is 0 Å². The highest BCUT2D eigenvalue weighted by Gasteiger charge is 2.30. The lowest BCUT2D eigenvalue weighted by atomic mass is 10.1. The molecule has 30 heavy (non-hydrogen) atoms. The normalized spacial score (nSPS) is 15.7. The van der Waals surface area contributed by atoms with E-state index in [0.717, 1.165) is 43.5 Å². The number of amides is 1. The maximum atomic E-state index is 12.6. The number of guanidine groups is 1. The predicted octanol–water partition coefficient (Wildman–Crippen LogP) is 4.21. The van der Waals surface area contributed by atoms with Gasteiger partial charge in [0, 0.05) is 38.6 Å². The molecule has 2 rings (SSSR count). The molecule has 1 amide bonds. The molecule has 5 nitrogen and oxygen atoms in total. The van der Waals surface area contributed by atoms with Gasteiger partial charge in [0.1, 0.15) is 0 Å². The van der Waals surface area contributed by atoms with Crippen molar-refractivity contribution >= 4 is 35.8 Å². The van der Waals surface area contributed by atoms with Gasteiger partial charge in [-0.25, -0.2) is 0 Å². The van der Waals surface area contributed by atoms with Gasteiger partial charge in [-0.1, -0.05) is 19.1 Å². The summed E-state index contributed by atoms with van der Waals surface area (Å²) in [4.78, 5) is 18.5. The van der Waals surface area contributed by atoms with Gasteiger partial charge in [0.15, 0.2) is 5.96 Å². The van der Waals surface area contributed by atoms with E-state index in [1.54, 1.807) is 0 Å². The standard InChI is InChI=1S/C21H31F3N4O.HI/c1-3-18(28-15-5-6-19(28)29)12-14-27-20(25-4-2)26-13-11-16-7-9-17(10-8-16)21(22,23)24;/h7-10,18H,3-6,11-15H2,1-2H3,(H2,25,26,27);1H. The van der Waals surface area contributed by atoms with E-state index in [4.69, 9.17) is 0 Å². The van der Waals surface area contributed by atoms with Crippen LogP contribution in [0.5, 0.6) is 0 Å². The lowest BCUT2D eigenvalue weighted by Gasteiger charge is -2.26. The van der Waals surface area contributed by atoms with Gasteiger partial charge in [0.05, 0.1) is 5.56 Å². The Balaban J connectivity index is 0.00000450. The van der Waals surface area contributed by atoms with Crippen molar-refractivity contribution in [3.05, 3.63) is 35.4 Å². The van der Waals surface area contributed by atoms with Crippen LogP contribution in [0.25, 0.3) is 0 Å². The SMILES string of the molecule is CCNC(=NCCC(CC)N1CCCC1=O)NCCc1ccc(C(F)(F)F)cc1.I. The molecule has 1 saturated heterocycles. The van der Waals surface area contributed by atoms with Gasteiger partial charge in [0.25, 0.3) is 0 Å². The van der Waals surface area contributed by atoms with Crippen LogP contribution in [0.1, 0.15) is 50.7 Å². The fourth-order valence-corrected chi connectivity index (χ4v) is 3.49. The molecule has 1 atom stereocenters. The summed E-state index contributed by atoms with van der Waals surface area (Å²) in [5, 5.41) is 6.40. The molecule has 1 aromatic carbocycles. The topological polar surface area (TPSA) is 56.7 Å². The molecule has 0 saturated carbocycles. The van der Waals surface area contributed by atoms with E-state index in [1.807, 2.05) is 11.8 Å². The van der Waals surface area contributed by atoms with Crippen molar-refractivity contribution < 1.29 is 18.0 Å². The summed E-state index contributed by atoms with van der Waals surface area (Å²) < 4.78 is 37.9. The molecule has 1 aliphatic rings. The lowest BCUT2D eigenvalue weighted by Crippen LogP contribution is -2.39. The highest BCUT2D eigenvalue weighted by molar-refractivity contribution is 14.0. The van der Waals surface area contributed by atoms with Crippen LogP contribution in [-0.2, 0) is 17.4 Å². The van der Waals surface area contributed by atoms with Gasteiger partial charge in [-0.2, -0.15) is 13.2 Å². The Morgan fingerprint density at radius 3 is 2.43 bits per heavy atom. The number of rotatable bonds is 9. The second kappa shape index (κ2) is 13.0. The number of nitrogens with one attached hydrogen (secondary N) is 2. The van der Waals surface area contributed by atoms with E-state index >= 15 is 0 Å². The fraction of sp³-hybridized carbons (Fsp3) is 0.619. The largest absolute Gasteiger partial charge is 0.416 e. The zero-order valence-electron chi connectivity index (χ0n) is 17.6. The van der Waals surface area contributed by atoms with E-state index in [0.29, 0.717) is 38.4 Å². The first-order chi connectivity index (χ1) is 13.8. The smallest absolute Gasteiger partial charge is 0.357 e. The van der Waals surface area contributed by atoms with Gasteiger partial charge in [-0.15, -0.1) is 24.0 Å². The van der Waals surface area contributed by atoms with E-state index in [-0.39, 0.29) is 35.9 Å². The number of halogens is 4. The van der Waals surface area contributed by atoms with Crippen LogP contribution < -0.4 is 10.6 Å². The minimum atomic E-state index is -4.31. The van der Waals surface area contributed by atoms with E-state index in [2.05, 4.69) is 22.5 Å². The molecule has 1 aromatic rings. The van der Waals surface area contributed by atoms with Crippen molar-refractivity contribution in [2.75, 3.05) is 26.2 Å². The average molecular weight is 540 g/mol. The number of benzene rings is 1. The van der Waals surface area contributed by atoms with Crippen molar-refractivity contribution in [2.24, 2.45) is 4.99 Å². The molecule has 0 spiro atoms. The highest BCUT2D eigenvalue weighted by atomic mass is 127. The van der Waals surface area contributed by atoms with Gasteiger partial charge in [-0.3, -0.25) is 9.79 Å². The minimum Gasteiger partial charge on any atom is -0.357 e. The number of carbonyl (C=O) groups is 1. The number of hydrogen-bond donors (Lipinski definition) is 2. The molecule has 0 aromatic heterocycles. The molecule has 9 heteroatoms. The third kappa shape index (κ3) is 8.31. The highest BCUT2D eigenvalue weighted by Crippen LogP contribution is 2.29. The minimum absolute atomic E-state index is 0. The van der Waals surface area contributed by atoms with Crippen LogP contribution in [0.4, 0.5) is 13.2 Å². The predicted molar refractivity (Wildman–Crippen MR) is 124 cm³/mol. The van der Waals surface area contributed by atoms with E-state index < -0.39 is 11.7 Å². The van der Waals surface area contributed by atoms with Gasteiger partial charge in [-0.05, 0) is 50.3 Å². The van der Waals surface area contributed by atoms with Crippen LogP contribution in [0.2, 0.25) is 0 Å². The molecule has 0 bridgehead atoms. The Hall–Kier alpha value is -1.52. The zero-order valence-corrected chi connectivity index (χ0v) is 19.9. The number of nitrogens with zero attached hydrogens (tertiary/aromatic N) is 2. The summed E-state index contributed by atoms with van der Waals surface area (Å²) >= 11 is 0. The molecule has 1 aliphatic heterocycles. The number of alkyl halides is 3. The van der Waals surface area contributed by atoms with Gasteiger partial charge in [0.2, 0.25) is 5.91 Å². The van der Waals surface area contributed by atoms with Gasteiger partial charge >= 0.3 is 6.18 Å². The lowest BCUT2D eigenvalue weighted by molar-refractivity contribution is -0.137. The summed E-state index contributed by atoms with van der Waals surface area (Å²) in [6.07, 6.45) is -0.391. The van der Waals surface area contributed by atoms with Crippen LogP contribution in [0.15, 0.2) is 29.3 Å². The molecular weight excluding hydrogens is 508 g/mol. The summed E-state index contributed by atoms with van der Waals surface area (Å²) in [5.74, 6) is 0.921. The van der Waals surface area contributed by atoms with Crippen LogP contribution in [-0.4, -0.2) is 49.0 Å². The maximum Gasteiger partial charge on any atom is 0.416 e. The molecular formula is C21H32F3IN4O. The Morgan fingerprint density at radius 1 is 1.20 bits per heavy atom. The molecule has 2 N–H and O–H groups in total. The Kier molecular flexibility index (Phi) is 11.5. The number of likely N-dealkylation sites (tertiary alicyclic amines) is 1. The Labute approximate surface area is 193 Å². The van der Waals surface area contributed by atoms with E-state index in [1.165, 1.54) is 12.1 Å². The molecule has 1 fully saturated rings. The first kappa shape index (κ1) is 26.5. The molecule has 1 heterocycles. The molecule has 170 valence electrons. The van der Waals surface area contributed by atoms with Crippen molar-refractivity contribution in [2.45, 2.75) is 58.2 Å². The first-order valence-corrected chi connectivity index (χ1v) is 10.3. The average Bonchev–Trinajstić information content (AvgIpc) is 3.10. The van der Waals surface area contributed by atoms with Gasteiger partial charge < -0.3 is 15.5 Å². The zero-order chi connectivity index (χ0) is 21.3. The fourth-order valence-electron chi connectivity index (χ4n) is 3.49. The van der Waals surface area contributed by atoms with E-state index in [9.17, 15) is 18.0 Å². The van der Waals surface area contributed by atoms with Crippen LogP contribution in [0.3, 0.4) is 0 Å². The molecule has 1 unspecified atom stereocenters. The van der Waals surface area contributed by atoms with Crippen molar-refractivity contribution in [1.82, 2.24) is 15.5 Å². The number of aliphatic imine (C=N–C) groups is 1.